The van der Waals surface area contributed by atoms with Gasteiger partial charge in [-0.05, 0) is 44.6 Å². The van der Waals surface area contributed by atoms with Crippen molar-refractivity contribution in [3.05, 3.63) is 23.9 Å². The predicted molar refractivity (Wildman–Crippen MR) is 84.5 cm³/mol. The zero-order chi connectivity index (χ0) is 14.5. The van der Waals surface area contributed by atoms with E-state index in [9.17, 15) is 5.11 Å². The van der Waals surface area contributed by atoms with E-state index in [1.54, 1.807) is 11.8 Å². The van der Waals surface area contributed by atoms with Gasteiger partial charge in [0.25, 0.3) is 0 Å². The predicted octanol–water partition coefficient (Wildman–Crippen LogP) is 2.35. The second-order valence-electron chi connectivity index (χ2n) is 5.91. The summed E-state index contributed by atoms with van der Waals surface area (Å²) in [5, 5.41) is 12.9. The SMILES string of the molecule is O[C@@H]1CCN(c2ccnc(NCCC3=CCCCC3)n2)C1. The molecule has 1 saturated heterocycles. The Kier molecular flexibility index (Phi) is 4.70. The summed E-state index contributed by atoms with van der Waals surface area (Å²) in [6, 6.07) is 1.91. The van der Waals surface area contributed by atoms with E-state index < -0.39 is 0 Å². The third kappa shape index (κ3) is 3.94. The first-order chi connectivity index (χ1) is 10.3. The van der Waals surface area contributed by atoms with Gasteiger partial charge in [-0.25, -0.2) is 4.98 Å². The maximum atomic E-state index is 9.61. The highest BCUT2D eigenvalue weighted by molar-refractivity contribution is 5.43. The van der Waals surface area contributed by atoms with E-state index in [1.165, 1.54) is 25.7 Å². The number of β-amino-alcohol motifs (C(OH)–C–C–N with tert-alkyl or cyclic N) is 1. The van der Waals surface area contributed by atoms with Gasteiger partial charge in [-0.1, -0.05) is 11.6 Å². The molecule has 21 heavy (non-hydrogen) atoms. The lowest BCUT2D eigenvalue weighted by Gasteiger charge is -2.17. The van der Waals surface area contributed by atoms with Gasteiger partial charge in [-0.2, -0.15) is 4.98 Å². The number of rotatable bonds is 5. The molecule has 0 radical (unpaired) electrons. The summed E-state index contributed by atoms with van der Waals surface area (Å²) >= 11 is 0. The van der Waals surface area contributed by atoms with Crippen LogP contribution < -0.4 is 10.2 Å². The van der Waals surface area contributed by atoms with Gasteiger partial charge >= 0.3 is 0 Å². The molecule has 2 heterocycles. The maximum absolute atomic E-state index is 9.61. The highest BCUT2D eigenvalue weighted by atomic mass is 16.3. The van der Waals surface area contributed by atoms with Crippen LogP contribution in [0.4, 0.5) is 11.8 Å². The molecule has 5 nitrogen and oxygen atoms in total. The van der Waals surface area contributed by atoms with Crippen molar-refractivity contribution in [2.45, 2.75) is 44.6 Å². The molecule has 5 heteroatoms. The zero-order valence-corrected chi connectivity index (χ0v) is 12.5. The first-order valence-electron chi connectivity index (χ1n) is 7.99. The quantitative estimate of drug-likeness (QED) is 0.814. The molecule has 0 spiro atoms. The van der Waals surface area contributed by atoms with Gasteiger partial charge in [-0.3, -0.25) is 0 Å². The van der Waals surface area contributed by atoms with Crippen LogP contribution in [0, 0.1) is 0 Å². The molecular weight excluding hydrogens is 264 g/mol. The minimum absolute atomic E-state index is 0.227. The van der Waals surface area contributed by atoms with Crippen molar-refractivity contribution in [1.29, 1.82) is 0 Å². The van der Waals surface area contributed by atoms with Crippen LogP contribution in [0.25, 0.3) is 0 Å². The number of hydrogen-bond donors (Lipinski definition) is 2. The summed E-state index contributed by atoms with van der Waals surface area (Å²) < 4.78 is 0. The second-order valence-corrected chi connectivity index (χ2v) is 5.91. The molecule has 0 unspecified atom stereocenters. The number of hydrogen-bond acceptors (Lipinski definition) is 5. The van der Waals surface area contributed by atoms with Crippen molar-refractivity contribution in [3.63, 3.8) is 0 Å². The Balaban J connectivity index is 1.52. The monoisotopic (exact) mass is 288 g/mol. The van der Waals surface area contributed by atoms with Crippen LogP contribution in [0.2, 0.25) is 0 Å². The van der Waals surface area contributed by atoms with Crippen LogP contribution in [-0.2, 0) is 0 Å². The van der Waals surface area contributed by atoms with Crippen LogP contribution in [-0.4, -0.2) is 40.8 Å². The van der Waals surface area contributed by atoms with Gasteiger partial charge in [0.2, 0.25) is 5.95 Å². The van der Waals surface area contributed by atoms with Crippen molar-refractivity contribution in [3.8, 4) is 0 Å². The van der Waals surface area contributed by atoms with Crippen molar-refractivity contribution in [1.82, 2.24) is 9.97 Å². The van der Waals surface area contributed by atoms with Gasteiger partial charge in [0, 0.05) is 25.8 Å². The Morgan fingerprint density at radius 2 is 2.33 bits per heavy atom. The minimum atomic E-state index is -0.227. The van der Waals surface area contributed by atoms with Crippen molar-refractivity contribution < 1.29 is 5.11 Å². The fourth-order valence-corrected chi connectivity index (χ4v) is 3.03. The number of aliphatic hydroxyl groups is 1. The van der Waals surface area contributed by atoms with Gasteiger partial charge in [0.15, 0.2) is 0 Å². The van der Waals surface area contributed by atoms with E-state index >= 15 is 0 Å². The lowest BCUT2D eigenvalue weighted by molar-refractivity contribution is 0.198. The number of nitrogens with one attached hydrogen (secondary N) is 1. The summed E-state index contributed by atoms with van der Waals surface area (Å²) in [4.78, 5) is 10.9. The smallest absolute Gasteiger partial charge is 0.224 e. The lowest BCUT2D eigenvalue weighted by atomic mass is 9.97. The zero-order valence-electron chi connectivity index (χ0n) is 12.5. The van der Waals surface area contributed by atoms with Crippen molar-refractivity contribution >= 4 is 11.8 Å². The molecular formula is C16H24N4O. The summed E-state index contributed by atoms with van der Waals surface area (Å²) in [5.74, 6) is 1.59. The average Bonchev–Trinajstić information content (AvgIpc) is 2.95. The molecule has 0 amide bonds. The molecule has 1 aliphatic heterocycles. The molecule has 2 N–H and O–H groups in total. The molecule has 0 aromatic carbocycles. The van der Waals surface area contributed by atoms with Gasteiger partial charge in [0.05, 0.1) is 6.10 Å². The molecule has 2 aliphatic rings. The molecule has 0 bridgehead atoms. The number of anilines is 2. The van der Waals surface area contributed by atoms with Crippen LogP contribution >= 0.6 is 0 Å². The standard InChI is InChI=1S/C16H24N4O/c21-14-8-11-20(12-14)15-7-10-18-16(19-15)17-9-6-13-4-2-1-3-5-13/h4,7,10,14,21H,1-3,5-6,8-9,11-12H2,(H,17,18,19)/t14-/m1/s1. The molecule has 1 atom stereocenters. The molecule has 114 valence electrons. The van der Waals surface area contributed by atoms with Crippen molar-refractivity contribution in [2.75, 3.05) is 29.9 Å². The Morgan fingerprint density at radius 1 is 1.38 bits per heavy atom. The highest BCUT2D eigenvalue weighted by Gasteiger charge is 2.21. The van der Waals surface area contributed by atoms with Gasteiger partial charge < -0.3 is 15.3 Å². The Morgan fingerprint density at radius 3 is 3.10 bits per heavy atom. The van der Waals surface area contributed by atoms with E-state index in [-0.39, 0.29) is 6.10 Å². The minimum Gasteiger partial charge on any atom is -0.391 e. The summed E-state index contributed by atoms with van der Waals surface area (Å²) in [7, 11) is 0. The van der Waals surface area contributed by atoms with E-state index in [4.69, 9.17) is 0 Å². The highest BCUT2D eigenvalue weighted by Crippen LogP contribution is 2.21. The summed E-state index contributed by atoms with van der Waals surface area (Å²) in [6.45, 7) is 2.42. The topological polar surface area (TPSA) is 61.3 Å². The number of aliphatic hydroxyl groups excluding tert-OH is 1. The first-order valence-corrected chi connectivity index (χ1v) is 7.99. The Bertz CT molecular complexity index is 503. The Hall–Kier alpha value is -1.62. The number of aromatic nitrogens is 2. The van der Waals surface area contributed by atoms with Crippen LogP contribution in [0.3, 0.4) is 0 Å². The van der Waals surface area contributed by atoms with Crippen molar-refractivity contribution in [2.24, 2.45) is 0 Å². The fraction of sp³-hybridized carbons (Fsp3) is 0.625. The van der Waals surface area contributed by atoms with E-state index in [2.05, 4.69) is 26.3 Å². The van der Waals surface area contributed by atoms with Crippen LogP contribution in [0.5, 0.6) is 0 Å². The molecule has 1 aromatic heterocycles. The summed E-state index contributed by atoms with van der Waals surface area (Å²) in [5.41, 5.74) is 1.56. The lowest BCUT2D eigenvalue weighted by Crippen LogP contribution is -2.22. The summed E-state index contributed by atoms with van der Waals surface area (Å²) in [6.07, 6.45) is 11.0. The molecule has 3 rings (SSSR count). The maximum Gasteiger partial charge on any atom is 0.224 e. The normalized spacial score (nSPS) is 22.2. The molecule has 1 aliphatic carbocycles. The van der Waals surface area contributed by atoms with E-state index in [1.807, 2.05) is 6.07 Å². The second kappa shape index (κ2) is 6.89. The molecule has 1 aromatic rings. The van der Waals surface area contributed by atoms with Gasteiger partial charge in [-0.15, -0.1) is 0 Å². The van der Waals surface area contributed by atoms with Crippen LogP contribution in [0.15, 0.2) is 23.9 Å². The number of allylic oxidation sites excluding steroid dienone is 1. The average molecular weight is 288 g/mol. The van der Waals surface area contributed by atoms with Gasteiger partial charge in [0.1, 0.15) is 5.82 Å². The third-order valence-electron chi connectivity index (χ3n) is 4.24. The molecule has 0 saturated carbocycles. The van der Waals surface area contributed by atoms with E-state index in [0.29, 0.717) is 12.5 Å². The first kappa shape index (κ1) is 14.3. The fourth-order valence-electron chi connectivity index (χ4n) is 3.03. The largest absolute Gasteiger partial charge is 0.391 e. The third-order valence-corrected chi connectivity index (χ3v) is 4.24. The van der Waals surface area contributed by atoms with Crippen LogP contribution in [0.1, 0.15) is 38.5 Å². The van der Waals surface area contributed by atoms with E-state index in [0.717, 1.165) is 31.7 Å². The number of nitrogens with zero attached hydrogens (tertiary/aromatic N) is 3. The molecule has 1 fully saturated rings. The Labute approximate surface area is 126 Å².